The number of benzene rings is 1. The van der Waals surface area contributed by atoms with Gasteiger partial charge >= 0.3 is 6.09 Å². The number of carboxylic acid groups (broad SMARTS) is 1. The van der Waals surface area contributed by atoms with E-state index in [2.05, 4.69) is 20.4 Å². The molecule has 1 aromatic carbocycles. The van der Waals surface area contributed by atoms with Gasteiger partial charge in [-0.3, -0.25) is 0 Å². The highest BCUT2D eigenvalue weighted by Crippen LogP contribution is 2.34. The van der Waals surface area contributed by atoms with Crippen molar-refractivity contribution in [2.45, 2.75) is 43.5 Å². The van der Waals surface area contributed by atoms with Gasteiger partial charge in [0.2, 0.25) is 0 Å². The third-order valence-electron chi connectivity index (χ3n) is 6.09. The number of halogens is 1. The average molecular weight is 520 g/mol. The fraction of sp³-hybridized carbons (Fsp3) is 0.391. The second-order valence-corrected chi connectivity index (χ2v) is 11.0. The summed E-state index contributed by atoms with van der Waals surface area (Å²) in [6.07, 6.45) is 6.96. The summed E-state index contributed by atoms with van der Waals surface area (Å²) in [7, 11) is -3.28. The zero-order valence-electron chi connectivity index (χ0n) is 19.1. The molecule has 2 aromatic heterocycles. The molecule has 186 valence electrons. The minimum Gasteiger partial charge on any atom is -0.488 e. The van der Waals surface area contributed by atoms with Crippen LogP contribution < -0.4 is 10.1 Å². The lowest BCUT2D eigenvalue weighted by atomic mass is 9.86. The van der Waals surface area contributed by atoms with E-state index < -0.39 is 15.9 Å². The van der Waals surface area contributed by atoms with Crippen molar-refractivity contribution < 1.29 is 23.1 Å². The zero-order chi connectivity index (χ0) is 25.0. The first-order valence-corrected chi connectivity index (χ1v) is 13.3. The van der Waals surface area contributed by atoms with E-state index in [9.17, 15) is 13.2 Å². The topological polar surface area (TPSA) is 136 Å². The van der Waals surface area contributed by atoms with Crippen molar-refractivity contribution in [2.75, 3.05) is 12.4 Å². The normalized spacial score (nSPS) is 18.2. The average Bonchev–Trinajstić information content (AvgIpc) is 3.34. The van der Waals surface area contributed by atoms with Gasteiger partial charge in [-0.15, -0.1) is 0 Å². The van der Waals surface area contributed by atoms with Gasteiger partial charge < -0.3 is 15.2 Å². The molecule has 35 heavy (non-hydrogen) atoms. The summed E-state index contributed by atoms with van der Waals surface area (Å²) < 4.78 is 31.8. The van der Waals surface area contributed by atoms with Crippen molar-refractivity contribution in [3.8, 4) is 22.7 Å². The number of hydrogen-bond donors (Lipinski definition) is 2. The Morgan fingerprint density at radius 1 is 1.20 bits per heavy atom. The molecule has 4 rings (SSSR count). The van der Waals surface area contributed by atoms with Crippen LogP contribution in [0.4, 0.5) is 4.79 Å². The van der Waals surface area contributed by atoms with Crippen molar-refractivity contribution in [1.29, 1.82) is 0 Å². The standard InChI is InChI=1S/C23H26ClN5O5S/c1-2-35(32,33)19-9-7-18(8-10-19)29-12-16(11-27-29)20-21(22(24)26-14-25-20)34-13-15-3-5-17(6-4-15)28-23(30)31/h7-12,14-15,17,28H,2-6,13H2,1H3,(H,30,31). The number of hydrogen-bond acceptors (Lipinski definition) is 7. The molecule has 1 amide bonds. The summed E-state index contributed by atoms with van der Waals surface area (Å²) in [6, 6.07) is 6.49. The molecule has 0 radical (unpaired) electrons. The van der Waals surface area contributed by atoms with E-state index in [1.165, 1.54) is 6.33 Å². The highest BCUT2D eigenvalue weighted by Gasteiger charge is 2.24. The van der Waals surface area contributed by atoms with Gasteiger partial charge in [0, 0.05) is 17.8 Å². The first kappa shape index (κ1) is 24.9. The van der Waals surface area contributed by atoms with Gasteiger partial charge in [-0.05, 0) is 55.9 Å². The van der Waals surface area contributed by atoms with Crippen molar-refractivity contribution in [1.82, 2.24) is 25.1 Å². The molecule has 1 aliphatic carbocycles. The Balaban J connectivity index is 1.47. The van der Waals surface area contributed by atoms with Gasteiger partial charge in [0.25, 0.3) is 0 Å². The summed E-state index contributed by atoms with van der Waals surface area (Å²) in [5.41, 5.74) is 1.87. The lowest BCUT2D eigenvalue weighted by molar-refractivity contribution is 0.169. The molecule has 0 bridgehead atoms. The van der Waals surface area contributed by atoms with Crippen LogP contribution in [0.5, 0.6) is 5.75 Å². The maximum atomic E-state index is 12.1. The van der Waals surface area contributed by atoms with Crippen LogP contribution in [-0.2, 0) is 9.84 Å². The Bertz CT molecular complexity index is 1290. The molecular formula is C23H26ClN5O5S. The fourth-order valence-corrected chi connectivity index (χ4v) is 5.17. The largest absolute Gasteiger partial charge is 0.488 e. The number of carbonyl (C=O) groups is 1. The van der Waals surface area contributed by atoms with Gasteiger partial charge in [-0.2, -0.15) is 5.10 Å². The molecule has 10 nitrogen and oxygen atoms in total. The monoisotopic (exact) mass is 519 g/mol. The number of aromatic nitrogens is 4. The third kappa shape index (κ3) is 5.91. The molecule has 1 saturated carbocycles. The predicted molar refractivity (Wildman–Crippen MR) is 130 cm³/mol. The molecule has 2 N–H and O–H groups in total. The van der Waals surface area contributed by atoms with E-state index in [-0.39, 0.29) is 27.8 Å². The first-order chi connectivity index (χ1) is 16.8. The number of nitrogens with zero attached hydrogens (tertiary/aromatic N) is 4. The predicted octanol–water partition coefficient (Wildman–Crippen LogP) is 3.98. The van der Waals surface area contributed by atoms with Crippen LogP contribution in [0, 0.1) is 5.92 Å². The van der Waals surface area contributed by atoms with Gasteiger partial charge in [0.15, 0.2) is 20.7 Å². The van der Waals surface area contributed by atoms with Crippen LogP contribution in [0.3, 0.4) is 0 Å². The van der Waals surface area contributed by atoms with Gasteiger partial charge in [-0.1, -0.05) is 18.5 Å². The van der Waals surface area contributed by atoms with Crippen molar-refractivity contribution >= 4 is 27.5 Å². The van der Waals surface area contributed by atoms with Gasteiger partial charge in [0.1, 0.15) is 12.0 Å². The number of amides is 1. The maximum absolute atomic E-state index is 12.1. The Morgan fingerprint density at radius 3 is 2.57 bits per heavy atom. The van der Waals surface area contributed by atoms with Gasteiger partial charge in [-0.25, -0.2) is 27.9 Å². The smallest absolute Gasteiger partial charge is 0.404 e. The van der Waals surface area contributed by atoms with Crippen molar-refractivity contribution in [3.05, 3.63) is 48.1 Å². The highest BCUT2D eigenvalue weighted by atomic mass is 35.5. The molecule has 0 saturated heterocycles. The molecule has 12 heteroatoms. The summed E-state index contributed by atoms with van der Waals surface area (Å²) in [5, 5.41) is 16.0. The minimum absolute atomic E-state index is 0.0232. The lowest BCUT2D eigenvalue weighted by Crippen LogP contribution is -2.37. The van der Waals surface area contributed by atoms with Crippen LogP contribution in [0.1, 0.15) is 32.6 Å². The number of sulfone groups is 1. The quantitative estimate of drug-likeness (QED) is 0.426. The van der Waals surface area contributed by atoms with E-state index in [0.29, 0.717) is 29.3 Å². The minimum atomic E-state index is -3.28. The van der Waals surface area contributed by atoms with E-state index >= 15 is 0 Å². The van der Waals surface area contributed by atoms with E-state index in [1.54, 1.807) is 48.3 Å². The Labute approximate surface area is 208 Å². The van der Waals surface area contributed by atoms with Crippen LogP contribution >= 0.6 is 11.6 Å². The lowest BCUT2D eigenvalue weighted by Gasteiger charge is -2.28. The number of ether oxygens (including phenoxy) is 1. The molecule has 0 unspecified atom stereocenters. The van der Waals surface area contributed by atoms with Crippen LogP contribution in [0.15, 0.2) is 47.9 Å². The Morgan fingerprint density at radius 2 is 1.91 bits per heavy atom. The molecule has 3 aromatic rings. The van der Waals surface area contributed by atoms with Crippen molar-refractivity contribution in [3.63, 3.8) is 0 Å². The number of nitrogens with one attached hydrogen (secondary N) is 1. The first-order valence-electron chi connectivity index (χ1n) is 11.3. The molecular weight excluding hydrogens is 494 g/mol. The molecule has 2 heterocycles. The van der Waals surface area contributed by atoms with E-state index in [1.807, 2.05) is 0 Å². The molecule has 0 aliphatic heterocycles. The molecule has 0 spiro atoms. The van der Waals surface area contributed by atoms with Crippen LogP contribution in [-0.4, -0.2) is 57.8 Å². The van der Waals surface area contributed by atoms with E-state index in [0.717, 1.165) is 25.7 Å². The van der Waals surface area contributed by atoms with Crippen LogP contribution in [0.25, 0.3) is 16.9 Å². The Kier molecular flexibility index (Phi) is 7.56. The summed E-state index contributed by atoms with van der Waals surface area (Å²) >= 11 is 6.34. The molecule has 1 aliphatic rings. The SMILES string of the molecule is CCS(=O)(=O)c1ccc(-n2cc(-c3ncnc(Cl)c3OCC3CCC(NC(=O)O)CC3)cn2)cc1. The molecule has 0 atom stereocenters. The second-order valence-electron chi connectivity index (χ2n) is 8.39. The summed E-state index contributed by atoms with van der Waals surface area (Å²) in [5.74, 6) is 0.673. The summed E-state index contributed by atoms with van der Waals surface area (Å²) in [6.45, 7) is 2.03. The third-order valence-corrected chi connectivity index (χ3v) is 8.11. The van der Waals surface area contributed by atoms with Crippen LogP contribution in [0.2, 0.25) is 5.15 Å². The second kappa shape index (κ2) is 10.6. The van der Waals surface area contributed by atoms with Crippen molar-refractivity contribution in [2.24, 2.45) is 5.92 Å². The Hall–Kier alpha value is -3.18. The number of rotatable bonds is 8. The molecule has 1 fully saturated rings. The maximum Gasteiger partial charge on any atom is 0.404 e. The van der Waals surface area contributed by atoms with E-state index in [4.69, 9.17) is 21.4 Å². The highest BCUT2D eigenvalue weighted by molar-refractivity contribution is 7.91. The fourth-order valence-electron chi connectivity index (χ4n) is 4.09. The van der Waals surface area contributed by atoms with Gasteiger partial charge in [0.05, 0.1) is 29.1 Å². The zero-order valence-corrected chi connectivity index (χ0v) is 20.7. The summed E-state index contributed by atoms with van der Waals surface area (Å²) in [4.78, 5) is 19.5.